The second-order valence-electron chi connectivity index (χ2n) is 4.04. The molecule has 3 nitrogen and oxygen atoms in total. The van der Waals surface area contributed by atoms with Gasteiger partial charge in [0, 0.05) is 25.0 Å². The van der Waals surface area contributed by atoms with Crippen LogP contribution in [-0.4, -0.2) is 25.2 Å². The number of rotatable bonds is 4. The molecule has 0 radical (unpaired) electrons. The summed E-state index contributed by atoms with van der Waals surface area (Å²) in [6.45, 7) is 4.45. The van der Waals surface area contributed by atoms with Crippen molar-refractivity contribution in [3.63, 3.8) is 0 Å². The molecule has 14 heavy (non-hydrogen) atoms. The Morgan fingerprint density at radius 2 is 2.64 bits per heavy atom. The van der Waals surface area contributed by atoms with Gasteiger partial charge in [-0.15, -0.1) is 0 Å². The van der Waals surface area contributed by atoms with Gasteiger partial charge in [-0.3, -0.25) is 0 Å². The normalized spacial score (nSPS) is 23.9. The van der Waals surface area contributed by atoms with Crippen LogP contribution in [0.25, 0.3) is 0 Å². The molecule has 1 aliphatic heterocycles. The molecule has 78 valence electrons. The first-order valence-electron chi connectivity index (χ1n) is 5.34. The molecule has 3 heteroatoms. The number of nitrogens with one attached hydrogen (secondary N) is 2. The summed E-state index contributed by atoms with van der Waals surface area (Å²) in [6, 6.07) is 5.11. The molecular formula is C11H18N2O. The Balaban J connectivity index is 1.75. The Bertz CT molecular complexity index is 252. The van der Waals surface area contributed by atoms with Crippen LogP contribution in [0.2, 0.25) is 0 Å². The minimum absolute atomic E-state index is 0.492. The van der Waals surface area contributed by atoms with Crippen molar-refractivity contribution in [2.45, 2.75) is 31.8 Å². The zero-order chi connectivity index (χ0) is 9.80. The largest absolute Gasteiger partial charge is 0.469 e. The molecule has 2 N–H and O–H groups in total. The zero-order valence-electron chi connectivity index (χ0n) is 8.62. The lowest BCUT2D eigenvalue weighted by Crippen LogP contribution is -2.38. The van der Waals surface area contributed by atoms with E-state index >= 15 is 0 Å². The van der Waals surface area contributed by atoms with E-state index in [1.807, 2.05) is 12.1 Å². The summed E-state index contributed by atoms with van der Waals surface area (Å²) in [5, 5.41) is 6.95. The maximum atomic E-state index is 5.31. The van der Waals surface area contributed by atoms with Gasteiger partial charge in [0.2, 0.25) is 0 Å². The van der Waals surface area contributed by atoms with Gasteiger partial charge in [0.1, 0.15) is 5.76 Å². The first-order valence-corrected chi connectivity index (χ1v) is 5.34. The Morgan fingerprint density at radius 3 is 3.29 bits per heavy atom. The fourth-order valence-electron chi connectivity index (χ4n) is 1.99. The maximum Gasteiger partial charge on any atom is 0.105 e. The standard InChI is InChI=1S/C11H18N2O/c1-9(7-11-3-2-6-14-11)13-10-4-5-12-8-10/h2-3,6,9-10,12-13H,4-5,7-8H2,1H3. The van der Waals surface area contributed by atoms with Crippen molar-refractivity contribution in [1.82, 2.24) is 10.6 Å². The molecule has 2 rings (SSSR count). The van der Waals surface area contributed by atoms with Crippen LogP contribution >= 0.6 is 0 Å². The van der Waals surface area contributed by atoms with E-state index in [1.54, 1.807) is 6.26 Å². The predicted octanol–water partition coefficient (Wildman–Crippen LogP) is 1.16. The van der Waals surface area contributed by atoms with Crippen molar-refractivity contribution in [1.29, 1.82) is 0 Å². The summed E-state index contributed by atoms with van der Waals surface area (Å²) in [6.07, 6.45) is 3.95. The second-order valence-corrected chi connectivity index (χ2v) is 4.04. The highest BCUT2D eigenvalue weighted by Gasteiger charge is 2.16. The third-order valence-electron chi connectivity index (χ3n) is 2.67. The predicted molar refractivity (Wildman–Crippen MR) is 56.3 cm³/mol. The number of hydrogen-bond donors (Lipinski definition) is 2. The van der Waals surface area contributed by atoms with Gasteiger partial charge in [-0.2, -0.15) is 0 Å². The van der Waals surface area contributed by atoms with Crippen molar-refractivity contribution in [2.24, 2.45) is 0 Å². The van der Waals surface area contributed by atoms with Crippen molar-refractivity contribution in [2.75, 3.05) is 13.1 Å². The van der Waals surface area contributed by atoms with E-state index in [-0.39, 0.29) is 0 Å². The van der Waals surface area contributed by atoms with E-state index in [0.717, 1.165) is 25.3 Å². The maximum absolute atomic E-state index is 5.31. The first-order chi connectivity index (χ1) is 6.84. The van der Waals surface area contributed by atoms with Crippen LogP contribution in [0.15, 0.2) is 22.8 Å². The summed E-state index contributed by atoms with van der Waals surface area (Å²) in [4.78, 5) is 0. The minimum atomic E-state index is 0.492. The van der Waals surface area contributed by atoms with Crippen LogP contribution < -0.4 is 10.6 Å². The third-order valence-corrected chi connectivity index (χ3v) is 2.67. The lowest BCUT2D eigenvalue weighted by atomic mass is 10.1. The van der Waals surface area contributed by atoms with Crippen LogP contribution in [0.3, 0.4) is 0 Å². The van der Waals surface area contributed by atoms with Crippen molar-refractivity contribution in [3.8, 4) is 0 Å². The molecule has 1 aliphatic rings. The summed E-state index contributed by atoms with van der Waals surface area (Å²) in [5.74, 6) is 1.07. The molecular weight excluding hydrogens is 176 g/mol. The quantitative estimate of drug-likeness (QED) is 0.755. The molecule has 1 fully saturated rings. The van der Waals surface area contributed by atoms with E-state index in [9.17, 15) is 0 Å². The van der Waals surface area contributed by atoms with Crippen LogP contribution in [0.4, 0.5) is 0 Å². The van der Waals surface area contributed by atoms with Gasteiger partial charge in [0.25, 0.3) is 0 Å². The summed E-state index contributed by atoms with van der Waals surface area (Å²) in [5.41, 5.74) is 0. The van der Waals surface area contributed by atoms with Crippen LogP contribution in [0.5, 0.6) is 0 Å². The van der Waals surface area contributed by atoms with Crippen molar-refractivity contribution < 1.29 is 4.42 Å². The molecule has 1 saturated heterocycles. The van der Waals surface area contributed by atoms with Gasteiger partial charge >= 0.3 is 0 Å². The topological polar surface area (TPSA) is 37.2 Å². The van der Waals surface area contributed by atoms with E-state index in [0.29, 0.717) is 12.1 Å². The Kier molecular flexibility index (Phi) is 3.22. The van der Waals surface area contributed by atoms with Crippen LogP contribution in [0, 0.1) is 0 Å². The smallest absolute Gasteiger partial charge is 0.105 e. The van der Waals surface area contributed by atoms with Gasteiger partial charge in [-0.25, -0.2) is 0 Å². The van der Waals surface area contributed by atoms with E-state index in [1.165, 1.54) is 6.42 Å². The molecule has 0 aliphatic carbocycles. The SMILES string of the molecule is CC(Cc1ccco1)NC1CCNC1. The average molecular weight is 194 g/mol. The molecule has 0 spiro atoms. The molecule has 1 aromatic heterocycles. The average Bonchev–Trinajstić information content (AvgIpc) is 2.76. The molecule has 0 amide bonds. The van der Waals surface area contributed by atoms with E-state index in [4.69, 9.17) is 4.42 Å². The van der Waals surface area contributed by atoms with E-state index < -0.39 is 0 Å². The van der Waals surface area contributed by atoms with Gasteiger partial charge in [0.05, 0.1) is 6.26 Å². The number of furan rings is 1. The molecule has 2 unspecified atom stereocenters. The summed E-state index contributed by atoms with van der Waals surface area (Å²) in [7, 11) is 0. The second kappa shape index (κ2) is 4.62. The monoisotopic (exact) mass is 194 g/mol. The van der Waals surface area contributed by atoms with Crippen molar-refractivity contribution >= 4 is 0 Å². The van der Waals surface area contributed by atoms with Gasteiger partial charge < -0.3 is 15.1 Å². The highest BCUT2D eigenvalue weighted by molar-refractivity contribution is 5.00. The molecule has 0 aromatic carbocycles. The summed E-state index contributed by atoms with van der Waals surface area (Å²) < 4.78 is 5.31. The Hall–Kier alpha value is -0.800. The Morgan fingerprint density at radius 1 is 1.71 bits per heavy atom. The number of hydrogen-bond acceptors (Lipinski definition) is 3. The Labute approximate surface area is 84.9 Å². The van der Waals surface area contributed by atoms with Gasteiger partial charge in [-0.1, -0.05) is 0 Å². The van der Waals surface area contributed by atoms with Gasteiger partial charge in [-0.05, 0) is 32.0 Å². The summed E-state index contributed by atoms with van der Waals surface area (Å²) >= 11 is 0. The fourth-order valence-corrected chi connectivity index (χ4v) is 1.99. The minimum Gasteiger partial charge on any atom is -0.469 e. The molecule has 0 bridgehead atoms. The lowest BCUT2D eigenvalue weighted by Gasteiger charge is -2.17. The molecule has 2 heterocycles. The fraction of sp³-hybridized carbons (Fsp3) is 0.636. The highest BCUT2D eigenvalue weighted by Crippen LogP contribution is 2.06. The third kappa shape index (κ3) is 2.59. The molecule has 0 saturated carbocycles. The molecule has 1 aromatic rings. The lowest BCUT2D eigenvalue weighted by molar-refractivity contribution is 0.422. The first kappa shape index (κ1) is 9.74. The van der Waals surface area contributed by atoms with Crippen molar-refractivity contribution in [3.05, 3.63) is 24.2 Å². The van der Waals surface area contributed by atoms with Crippen LogP contribution in [-0.2, 0) is 6.42 Å². The molecule has 2 atom stereocenters. The zero-order valence-corrected chi connectivity index (χ0v) is 8.62. The van der Waals surface area contributed by atoms with E-state index in [2.05, 4.69) is 17.6 Å². The van der Waals surface area contributed by atoms with Crippen LogP contribution in [0.1, 0.15) is 19.1 Å². The van der Waals surface area contributed by atoms with Gasteiger partial charge in [0.15, 0.2) is 0 Å². The highest BCUT2D eigenvalue weighted by atomic mass is 16.3.